The van der Waals surface area contributed by atoms with Crippen LogP contribution >= 0.6 is 0 Å². The van der Waals surface area contributed by atoms with E-state index in [1.54, 1.807) is 0 Å². The van der Waals surface area contributed by atoms with E-state index in [4.69, 9.17) is 0 Å². The molecule has 1 atom stereocenters. The van der Waals surface area contributed by atoms with Crippen molar-refractivity contribution in [1.29, 1.82) is 0 Å². The Kier molecular flexibility index (Phi) is 3.08. The van der Waals surface area contributed by atoms with Gasteiger partial charge in [0.1, 0.15) is 5.60 Å². The van der Waals surface area contributed by atoms with Crippen molar-refractivity contribution in [2.24, 2.45) is 0 Å². The summed E-state index contributed by atoms with van der Waals surface area (Å²) in [6.45, 7) is 5.06. The molecule has 1 fully saturated rings. The van der Waals surface area contributed by atoms with Crippen LogP contribution in [0.25, 0.3) is 0 Å². The van der Waals surface area contributed by atoms with Crippen LogP contribution in [0.5, 0.6) is 0 Å². The lowest BCUT2D eigenvalue weighted by Crippen LogP contribution is -2.45. The van der Waals surface area contributed by atoms with Crippen molar-refractivity contribution in [1.82, 2.24) is 4.90 Å². The van der Waals surface area contributed by atoms with E-state index < -0.39 is 5.60 Å². The number of likely N-dealkylation sites (tertiary alicyclic amines) is 1. The first-order chi connectivity index (χ1) is 7.24. The van der Waals surface area contributed by atoms with Gasteiger partial charge < -0.3 is 10.0 Å². The van der Waals surface area contributed by atoms with Crippen LogP contribution in [0.15, 0.2) is 30.3 Å². The normalized spacial score (nSPS) is 27.9. The van der Waals surface area contributed by atoms with Crippen LogP contribution < -0.4 is 0 Å². The topological polar surface area (TPSA) is 23.5 Å². The Morgan fingerprint density at radius 1 is 1.33 bits per heavy atom. The maximum atomic E-state index is 10.6. The first kappa shape index (κ1) is 10.7. The summed E-state index contributed by atoms with van der Waals surface area (Å²) >= 11 is 0. The summed E-state index contributed by atoms with van der Waals surface area (Å²) in [6.07, 6.45) is 1.97. The molecule has 15 heavy (non-hydrogen) atoms. The summed E-state index contributed by atoms with van der Waals surface area (Å²) in [5.41, 5.74) is 0.429. The van der Waals surface area contributed by atoms with E-state index in [1.807, 2.05) is 30.3 Å². The van der Waals surface area contributed by atoms with Gasteiger partial charge in [-0.1, -0.05) is 37.3 Å². The van der Waals surface area contributed by atoms with E-state index in [2.05, 4.69) is 11.8 Å². The molecule has 1 heterocycles. The number of hydrogen-bond donors (Lipinski definition) is 1. The van der Waals surface area contributed by atoms with E-state index in [0.29, 0.717) is 0 Å². The van der Waals surface area contributed by atoms with Gasteiger partial charge in [-0.15, -0.1) is 0 Å². The number of piperidine rings is 1. The Hall–Kier alpha value is -0.860. The summed E-state index contributed by atoms with van der Waals surface area (Å²) in [7, 11) is 0. The molecule has 0 bridgehead atoms. The first-order valence-electron chi connectivity index (χ1n) is 5.75. The molecule has 2 rings (SSSR count). The van der Waals surface area contributed by atoms with Crippen LogP contribution in [0.4, 0.5) is 0 Å². The minimum Gasteiger partial charge on any atom is -0.384 e. The second-order valence-corrected chi connectivity index (χ2v) is 4.37. The third kappa shape index (κ3) is 2.21. The SMILES string of the molecule is CCN1CCCC(O)(c2ccccc2)C1. The summed E-state index contributed by atoms with van der Waals surface area (Å²) in [5, 5.41) is 10.6. The molecule has 82 valence electrons. The minimum atomic E-state index is -0.629. The van der Waals surface area contributed by atoms with Crippen molar-refractivity contribution >= 4 is 0 Å². The van der Waals surface area contributed by atoms with Crippen LogP contribution in [-0.4, -0.2) is 29.6 Å². The number of aliphatic hydroxyl groups is 1. The second-order valence-electron chi connectivity index (χ2n) is 4.37. The molecule has 0 saturated carbocycles. The van der Waals surface area contributed by atoms with Crippen LogP contribution in [-0.2, 0) is 5.60 Å². The lowest BCUT2D eigenvalue weighted by Gasteiger charge is -2.39. The van der Waals surface area contributed by atoms with Gasteiger partial charge in [-0.05, 0) is 31.5 Å². The van der Waals surface area contributed by atoms with Crippen LogP contribution in [0.1, 0.15) is 25.3 Å². The molecule has 1 saturated heterocycles. The predicted molar refractivity (Wildman–Crippen MR) is 61.7 cm³/mol. The zero-order chi connectivity index (χ0) is 10.7. The number of benzene rings is 1. The van der Waals surface area contributed by atoms with Crippen molar-refractivity contribution in [3.63, 3.8) is 0 Å². The fourth-order valence-corrected chi connectivity index (χ4v) is 2.38. The van der Waals surface area contributed by atoms with Gasteiger partial charge in [-0.25, -0.2) is 0 Å². The van der Waals surface area contributed by atoms with E-state index in [-0.39, 0.29) is 0 Å². The Balaban J connectivity index is 2.19. The quantitative estimate of drug-likeness (QED) is 0.798. The Morgan fingerprint density at radius 3 is 2.73 bits per heavy atom. The Labute approximate surface area is 91.5 Å². The fourth-order valence-electron chi connectivity index (χ4n) is 2.38. The molecule has 0 amide bonds. The molecule has 0 aromatic heterocycles. The first-order valence-corrected chi connectivity index (χ1v) is 5.75. The van der Waals surface area contributed by atoms with Gasteiger partial charge in [0.05, 0.1) is 0 Å². The Morgan fingerprint density at radius 2 is 2.07 bits per heavy atom. The standard InChI is InChI=1S/C13H19NO/c1-2-14-10-6-9-13(15,11-14)12-7-4-3-5-8-12/h3-5,7-8,15H,2,6,9-11H2,1H3. The van der Waals surface area contributed by atoms with E-state index in [9.17, 15) is 5.11 Å². The monoisotopic (exact) mass is 205 g/mol. The van der Waals surface area contributed by atoms with E-state index >= 15 is 0 Å². The van der Waals surface area contributed by atoms with Crippen molar-refractivity contribution in [3.8, 4) is 0 Å². The molecule has 0 spiro atoms. The van der Waals surface area contributed by atoms with Gasteiger partial charge in [0, 0.05) is 6.54 Å². The summed E-state index contributed by atoms with van der Waals surface area (Å²) in [5.74, 6) is 0. The number of hydrogen-bond acceptors (Lipinski definition) is 2. The molecule has 1 aromatic carbocycles. The third-order valence-corrected chi connectivity index (χ3v) is 3.31. The van der Waals surface area contributed by atoms with Crippen molar-refractivity contribution in [2.45, 2.75) is 25.4 Å². The van der Waals surface area contributed by atoms with Crippen molar-refractivity contribution in [3.05, 3.63) is 35.9 Å². The summed E-state index contributed by atoms with van der Waals surface area (Å²) in [6, 6.07) is 10.0. The average molecular weight is 205 g/mol. The summed E-state index contributed by atoms with van der Waals surface area (Å²) in [4.78, 5) is 2.32. The number of likely N-dealkylation sites (N-methyl/N-ethyl adjacent to an activating group) is 1. The second kappa shape index (κ2) is 4.33. The largest absolute Gasteiger partial charge is 0.384 e. The van der Waals surface area contributed by atoms with Crippen molar-refractivity contribution in [2.75, 3.05) is 19.6 Å². The fraction of sp³-hybridized carbons (Fsp3) is 0.538. The molecule has 1 aliphatic rings. The highest BCUT2D eigenvalue weighted by Crippen LogP contribution is 2.30. The molecule has 2 nitrogen and oxygen atoms in total. The van der Waals surface area contributed by atoms with Gasteiger partial charge in [0.15, 0.2) is 0 Å². The van der Waals surface area contributed by atoms with Gasteiger partial charge >= 0.3 is 0 Å². The molecule has 2 heteroatoms. The molecule has 1 N–H and O–H groups in total. The summed E-state index contributed by atoms with van der Waals surface area (Å²) < 4.78 is 0. The Bertz CT molecular complexity index is 312. The molecular weight excluding hydrogens is 186 g/mol. The highest BCUT2D eigenvalue weighted by atomic mass is 16.3. The lowest BCUT2D eigenvalue weighted by molar-refractivity contribution is -0.0340. The minimum absolute atomic E-state index is 0.629. The zero-order valence-electron chi connectivity index (χ0n) is 9.32. The van der Waals surface area contributed by atoms with Gasteiger partial charge in [0.2, 0.25) is 0 Å². The maximum absolute atomic E-state index is 10.6. The third-order valence-electron chi connectivity index (χ3n) is 3.31. The molecule has 1 aromatic rings. The smallest absolute Gasteiger partial charge is 0.102 e. The molecular formula is C13H19NO. The zero-order valence-corrected chi connectivity index (χ0v) is 9.32. The highest BCUT2D eigenvalue weighted by molar-refractivity contribution is 5.23. The van der Waals surface area contributed by atoms with Gasteiger partial charge in [-0.3, -0.25) is 0 Å². The molecule has 0 aliphatic carbocycles. The lowest BCUT2D eigenvalue weighted by atomic mass is 9.86. The van der Waals surface area contributed by atoms with Gasteiger partial charge in [0.25, 0.3) is 0 Å². The molecule has 1 unspecified atom stereocenters. The number of rotatable bonds is 2. The van der Waals surface area contributed by atoms with E-state index in [1.165, 1.54) is 0 Å². The van der Waals surface area contributed by atoms with E-state index in [0.717, 1.165) is 38.0 Å². The van der Waals surface area contributed by atoms with Crippen LogP contribution in [0.2, 0.25) is 0 Å². The highest BCUT2D eigenvalue weighted by Gasteiger charge is 2.33. The average Bonchev–Trinajstić information content (AvgIpc) is 2.30. The number of nitrogens with zero attached hydrogens (tertiary/aromatic N) is 1. The van der Waals surface area contributed by atoms with Crippen molar-refractivity contribution < 1.29 is 5.11 Å². The van der Waals surface area contributed by atoms with Crippen LogP contribution in [0.3, 0.4) is 0 Å². The molecule has 0 radical (unpaired) electrons. The van der Waals surface area contributed by atoms with Gasteiger partial charge in [-0.2, -0.15) is 0 Å². The molecule has 1 aliphatic heterocycles. The maximum Gasteiger partial charge on any atom is 0.102 e. The number of β-amino-alcohol motifs (C(OH)–C–C–N with tert-alkyl or cyclic N) is 1. The van der Waals surface area contributed by atoms with Crippen LogP contribution in [0, 0.1) is 0 Å². The predicted octanol–water partition coefficient (Wildman–Crippen LogP) is 1.99.